The summed E-state index contributed by atoms with van der Waals surface area (Å²) in [4.78, 5) is 31.2. The Balaban J connectivity index is 2.05. The van der Waals surface area contributed by atoms with Crippen LogP contribution in [0.5, 0.6) is 0 Å². The van der Waals surface area contributed by atoms with Crippen LogP contribution in [-0.4, -0.2) is 29.0 Å². The molecular formula is C12H10BrN3O3S. The van der Waals surface area contributed by atoms with E-state index in [0.717, 1.165) is 0 Å². The Labute approximate surface area is 127 Å². The van der Waals surface area contributed by atoms with Crippen LogP contribution < -0.4 is 5.32 Å². The second kappa shape index (κ2) is 6.58. The zero-order valence-electron chi connectivity index (χ0n) is 10.4. The summed E-state index contributed by atoms with van der Waals surface area (Å²) < 4.78 is 5.15. The molecule has 2 heterocycles. The first-order valence-electron chi connectivity index (χ1n) is 5.53. The number of methoxy groups -OCH3 is 1. The molecule has 2 aromatic rings. The van der Waals surface area contributed by atoms with Gasteiger partial charge in [0.25, 0.3) is 5.91 Å². The maximum atomic E-state index is 12.0. The third-order valence-electron chi connectivity index (χ3n) is 2.30. The molecule has 0 radical (unpaired) electrons. The van der Waals surface area contributed by atoms with E-state index in [1.807, 2.05) is 0 Å². The highest BCUT2D eigenvalue weighted by Crippen LogP contribution is 2.19. The average Bonchev–Trinajstić information content (AvgIpc) is 2.86. The summed E-state index contributed by atoms with van der Waals surface area (Å²) >= 11 is 4.49. The largest absolute Gasteiger partial charge is 0.469 e. The van der Waals surface area contributed by atoms with E-state index >= 15 is 0 Å². The van der Waals surface area contributed by atoms with Crippen LogP contribution in [0.3, 0.4) is 0 Å². The van der Waals surface area contributed by atoms with Crippen molar-refractivity contribution in [2.75, 3.05) is 12.4 Å². The highest BCUT2D eigenvalue weighted by Gasteiger charge is 2.14. The fourth-order valence-electron chi connectivity index (χ4n) is 1.37. The van der Waals surface area contributed by atoms with Gasteiger partial charge in [-0.1, -0.05) is 0 Å². The predicted molar refractivity (Wildman–Crippen MR) is 77.7 cm³/mol. The Morgan fingerprint density at radius 1 is 1.50 bits per heavy atom. The lowest BCUT2D eigenvalue weighted by Crippen LogP contribution is -2.14. The number of rotatable bonds is 4. The second-order valence-corrected chi connectivity index (χ2v) is 5.40. The molecule has 1 amide bonds. The van der Waals surface area contributed by atoms with Gasteiger partial charge in [0.05, 0.1) is 19.2 Å². The normalized spacial score (nSPS) is 10.1. The first kappa shape index (κ1) is 14.6. The van der Waals surface area contributed by atoms with Crippen molar-refractivity contribution in [1.29, 1.82) is 0 Å². The van der Waals surface area contributed by atoms with Crippen molar-refractivity contribution in [1.82, 2.24) is 9.97 Å². The van der Waals surface area contributed by atoms with E-state index < -0.39 is 0 Å². The number of thiazole rings is 1. The van der Waals surface area contributed by atoms with E-state index in [9.17, 15) is 9.59 Å². The molecule has 0 fully saturated rings. The van der Waals surface area contributed by atoms with Crippen molar-refractivity contribution >= 4 is 44.3 Å². The van der Waals surface area contributed by atoms with Gasteiger partial charge in [-0.3, -0.25) is 14.9 Å². The Hall–Kier alpha value is -1.80. The summed E-state index contributed by atoms with van der Waals surface area (Å²) in [5.74, 6) is -0.739. The number of nitrogens with zero attached hydrogens (tertiary/aromatic N) is 2. The topological polar surface area (TPSA) is 81.2 Å². The van der Waals surface area contributed by atoms with Crippen molar-refractivity contribution in [2.45, 2.75) is 6.42 Å². The fourth-order valence-corrected chi connectivity index (χ4v) is 2.52. The maximum Gasteiger partial charge on any atom is 0.311 e. The number of ether oxygens (including phenoxy) is 1. The Kier molecular flexibility index (Phi) is 4.80. The summed E-state index contributed by atoms with van der Waals surface area (Å²) in [7, 11) is 1.32. The van der Waals surface area contributed by atoms with Crippen LogP contribution in [0.2, 0.25) is 0 Å². The van der Waals surface area contributed by atoms with Gasteiger partial charge in [0.15, 0.2) is 5.13 Å². The van der Waals surface area contributed by atoms with Crippen molar-refractivity contribution in [3.8, 4) is 0 Å². The molecule has 6 nitrogen and oxygen atoms in total. The van der Waals surface area contributed by atoms with E-state index in [1.54, 1.807) is 17.5 Å². The third-order valence-corrected chi connectivity index (χ3v) is 3.75. The van der Waals surface area contributed by atoms with Gasteiger partial charge in [-0.25, -0.2) is 9.97 Å². The molecule has 0 atom stereocenters. The number of anilines is 1. The van der Waals surface area contributed by atoms with Crippen LogP contribution in [0.1, 0.15) is 16.2 Å². The number of amides is 1. The molecule has 1 N–H and O–H groups in total. The van der Waals surface area contributed by atoms with Gasteiger partial charge in [0, 0.05) is 16.0 Å². The molecule has 2 aromatic heterocycles. The summed E-state index contributed by atoms with van der Waals surface area (Å²) in [6.07, 6.45) is 1.61. The Morgan fingerprint density at radius 3 is 3.00 bits per heavy atom. The van der Waals surface area contributed by atoms with E-state index in [0.29, 0.717) is 15.3 Å². The molecule has 0 aliphatic rings. The summed E-state index contributed by atoms with van der Waals surface area (Å²) in [5, 5.41) is 4.74. The Bertz CT molecular complexity index is 644. The predicted octanol–water partition coefficient (Wildman–Crippen LogP) is 2.27. The number of hydrogen-bond acceptors (Lipinski definition) is 6. The second-order valence-electron chi connectivity index (χ2n) is 3.68. The summed E-state index contributed by atoms with van der Waals surface area (Å²) in [6.45, 7) is 0. The van der Waals surface area contributed by atoms with Gasteiger partial charge < -0.3 is 4.74 Å². The molecular weight excluding hydrogens is 346 g/mol. The van der Waals surface area contributed by atoms with Crippen LogP contribution in [0.4, 0.5) is 5.13 Å². The molecule has 104 valence electrons. The van der Waals surface area contributed by atoms with Gasteiger partial charge >= 0.3 is 5.97 Å². The monoisotopic (exact) mass is 355 g/mol. The van der Waals surface area contributed by atoms with E-state index in [1.165, 1.54) is 24.6 Å². The zero-order chi connectivity index (χ0) is 14.5. The standard InChI is InChI=1S/C12H10BrN3O3S/c1-19-9(17)5-7-6-20-12(15-7)16-11(18)10-8(13)3-2-4-14-10/h2-4,6H,5H2,1H3,(H,15,16,18). The van der Waals surface area contributed by atoms with Gasteiger partial charge in [-0.15, -0.1) is 11.3 Å². The van der Waals surface area contributed by atoms with Gasteiger partial charge in [0.2, 0.25) is 0 Å². The number of esters is 1. The lowest BCUT2D eigenvalue weighted by Gasteiger charge is -2.02. The number of aromatic nitrogens is 2. The molecule has 0 aliphatic heterocycles. The highest BCUT2D eigenvalue weighted by molar-refractivity contribution is 9.10. The number of hydrogen-bond donors (Lipinski definition) is 1. The molecule has 0 spiro atoms. The number of carbonyl (C=O) groups is 2. The first-order valence-corrected chi connectivity index (χ1v) is 7.20. The highest BCUT2D eigenvalue weighted by atomic mass is 79.9. The Morgan fingerprint density at radius 2 is 2.30 bits per heavy atom. The van der Waals surface area contributed by atoms with Crippen molar-refractivity contribution < 1.29 is 14.3 Å². The number of pyridine rings is 1. The third kappa shape index (κ3) is 3.61. The maximum absolute atomic E-state index is 12.0. The quantitative estimate of drug-likeness (QED) is 0.850. The number of carbonyl (C=O) groups excluding carboxylic acids is 2. The molecule has 2 rings (SSSR count). The molecule has 0 aromatic carbocycles. The lowest BCUT2D eigenvalue weighted by molar-refractivity contribution is -0.139. The molecule has 0 bridgehead atoms. The van der Waals surface area contributed by atoms with Crippen molar-refractivity contribution in [3.63, 3.8) is 0 Å². The number of nitrogens with one attached hydrogen (secondary N) is 1. The molecule has 0 saturated heterocycles. The van der Waals surface area contributed by atoms with Gasteiger partial charge in [0.1, 0.15) is 5.69 Å². The number of halogens is 1. The minimum absolute atomic E-state index is 0.0795. The van der Waals surface area contributed by atoms with Crippen LogP contribution in [0, 0.1) is 0 Å². The van der Waals surface area contributed by atoms with Gasteiger partial charge in [-0.2, -0.15) is 0 Å². The zero-order valence-corrected chi connectivity index (χ0v) is 12.8. The summed E-state index contributed by atoms with van der Waals surface area (Å²) in [5.41, 5.74) is 0.828. The smallest absolute Gasteiger partial charge is 0.311 e. The van der Waals surface area contributed by atoms with Crippen LogP contribution in [0.25, 0.3) is 0 Å². The van der Waals surface area contributed by atoms with Crippen molar-refractivity contribution in [2.24, 2.45) is 0 Å². The SMILES string of the molecule is COC(=O)Cc1csc(NC(=O)c2ncccc2Br)n1. The molecule has 0 saturated carbocycles. The molecule has 0 unspecified atom stereocenters. The van der Waals surface area contributed by atoms with Crippen molar-refractivity contribution in [3.05, 3.63) is 39.6 Å². The van der Waals surface area contributed by atoms with E-state index in [4.69, 9.17) is 0 Å². The fraction of sp³-hybridized carbons (Fsp3) is 0.167. The van der Waals surface area contributed by atoms with Crippen LogP contribution in [-0.2, 0) is 16.0 Å². The molecule has 8 heteroatoms. The molecule has 0 aliphatic carbocycles. The molecule has 20 heavy (non-hydrogen) atoms. The lowest BCUT2D eigenvalue weighted by atomic mass is 10.3. The minimum Gasteiger partial charge on any atom is -0.469 e. The average molecular weight is 356 g/mol. The minimum atomic E-state index is -0.374. The summed E-state index contributed by atoms with van der Waals surface area (Å²) in [6, 6.07) is 3.45. The van der Waals surface area contributed by atoms with E-state index in [2.05, 4.69) is 36.0 Å². The van der Waals surface area contributed by atoms with E-state index in [-0.39, 0.29) is 24.0 Å². The first-order chi connectivity index (χ1) is 9.60. The van der Waals surface area contributed by atoms with Crippen LogP contribution >= 0.6 is 27.3 Å². The van der Waals surface area contributed by atoms with Crippen LogP contribution in [0.15, 0.2) is 28.2 Å². The van der Waals surface area contributed by atoms with Gasteiger partial charge in [-0.05, 0) is 28.1 Å².